The summed E-state index contributed by atoms with van der Waals surface area (Å²) in [6, 6.07) is 3.26. The van der Waals surface area contributed by atoms with Gasteiger partial charge in [-0.1, -0.05) is 0 Å². The van der Waals surface area contributed by atoms with Crippen LogP contribution in [0.5, 0.6) is 17.2 Å². The van der Waals surface area contributed by atoms with E-state index in [1.807, 2.05) is 20.8 Å². The van der Waals surface area contributed by atoms with Gasteiger partial charge in [0, 0.05) is 21.5 Å². The number of thiophene rings is 1. The molecule has 0 saturated heterocycles. The highest BCUT2D eigenvalue weighted by Crippen LogP contribution is 2.46. The second-order valence-electron chi connectivity index (χ2n) is 9.47. The molecular formula is C26H36N2O6S. The number of hydrogen-bond acceptors (Lipinski definition) is 8. The lowest BCUT2D eigenvalue weighted by Crippen LogP contribution is -2.55. The molecule has 2 N–H and O–H groups in total. The number of fused-ring (bicyclic) bond motifs is 1. The maximum atomic E-state index is 13.4. The van der Waals surface area contributed by atoms with E-state index in [0.717, 1.165) is 10.4 Å². The Morgan fingerprint density at radius 2 is 1.57 bits per heavy atom. The number of carbonyl (C=O) groups is 2. The summed E-state index contributed by atoms with van der Waals surface area (Å²) >= 11 is 1.39. The monoisotopic (exact) mass is 504 g/mol. The molecule has 1 aromatic carbocycles. The molecule has 3 rings (SSSR count). The van der Waals surface area contributed by atoms with Crippen LogP contribution in [0.1, 0.15) is 79.6 Å². The van der Waals surface area contributed by atoms with Crippen LogP contribution in [-0.2, 0) is 16.7 Å². The van der Waals surface area contributed by atoms with Crippen molar-refractivity contribution in [3.8, 4) is 17.2 Å². The molecule has 2 aromatic rings. The number of anilines is 1. The van der Waals surface area contributed by atoms with Crippen molar-refractivity contribution in [3.05, 3.63) is 33.7 Å². The van der Waals surface area contributed by atoms with Crippen LogP contribution >= 0.6 is 11.3 Å². The van der Waals surface area contributed by atoms with E-state index in [-0.39, 0.29) is 17.0 Å². The number of amides is 1. The van der Waals surface area contributed by atoms with Crippen molar-refractivity contribution in [1.82, 2.24) is 5.32 Å². The summed E-state index contributed by atoms with van der Waals surface area (Å²) in [6.07, 6.45) is 0.634. The first kappa shape index (κ1) is 26.8. The molecule has 0 spiro atoms. The molecule has 0 atom stereocenters. The summed E-state index contributed by atoms with van der Waals surface area (Å²) in [7, 11) is 1.35. The van der Waals surface area contributed by atoms with Crippen molar-refractivity contribution in [2.24, 2.45) is 0 Å². The van der Waals surface area contributed by atoms with Gasteiger partial charge in [0.15, 0.2) is 11.5 Å². The van der Waals surface area contributed by atoms with E-state index in [0.29, 0.717) is 59.6 Å². The van der Waals surface area contributed by atoms with E-state index in [1.165, 1.54) is 18.4 Å². The fourth-order valence-electron chi connectivity index (χ4n) is 4.63. The molecule has 0 saturated carbocycles. The van der Waals surface area contributed by atoms with Gasteiger partial charge >= 0.3 is 5.97 Å². The zero-order chi connectivity index (χ0) is 26.0. The van der Waals surface area contributed by atoms with E-state index < -0.39 is 5.97 Å². The minimum atomic E-state index is -0.469. The van der Waals surface area contributed by atoms with Crippen molar-refractivity contribution < 1.29 is 28.5 Å². The zero-order valence-electron chi connectivity index (χ0n) is 21.8. The number of carbonyl (C=O) groups excluding carboxylic acids is 2. The highest BCUT2D eigenvalue weighted by Gasteiger charge is 2.42. The molecule has 0 aliphatic carbocycles. The first-order chi connectivity index (χ1) is 16.5. The van der Waals surface area contributed by atoms with E-state index in [4.69, 9.17) is 18.9 Å². The number of ether oxygens (including phenoxy) is 4. The third-order valence-corrected chi connectivity index (χ3v) is 7.10. The topological polar surface area (TPSA) is 95.1 Å². The lowest BCUT2D eigenvalue weighted by atomic mass is 9.81. The van der Waals surface area contributed by atoms with Gasteiger partial charge in [-0.3, -0.25) is 4.79 Å². The van der Waals surface area contributed by atoms with E-state index in [1.54, 1.807) is 12.1 Å². The molecular weight excluding hydrogens is 468 g/mol. The smallest absolute Gasteiger partial charge is 0.341 e. The second-order valence-corrected chi connectivity index (χ2v) is 10.5. The Kier molecular flexibility index (Phi) is 8.01. The predicted molar refractivity (Wildman–Crippen MR) is 138 cm³/mol. The molecule has 1 aromatic heterocycles. The Bertz CT molecular complexity index is 1080. The number of methoxy groups -OCH3 is 1. The summed E-state index contributed by atoms with van der Waals surface area (Å²) < 4.78 is 22.3. The highest BCUT2D eigenvalue weighted by molar-refractivity contribution is 7.17. The summed E-state index contributed by atoms with van der Waals surface area (Å²) in [5, 5.41) is 7.05. The Labute approximate surface area is 211 Å². The zero-order valence-corrected chi connectivity index (χ0v) is 22.7. The van der Waals surface area contributed by atoms with Gasteiger partial charge in [-0.2, -0.15) is 0 Å². The Balaban J connectivity index is 2.07. The van der Waals surface area contributed by atoms with E-state index >= 15 is 0 Å². The second kappa shape index (κ2) is 10.5. The maximum Gasteiger partial charge on any atom is 0.341 e. The molecule has 0 unspecified atom stereocenters. The average Bonchev–Trinajstić information content (AvgIpc) is 3.12. The van der Waals surface area contributed by atoms with Crippen molar-refractivity contribution >= 4 is 28.2 Å². The molecule has 1 aliphatic rings. The summed E-state index contributed by atoms with van der Waals surface area (Å²) in [5.41, 5.74) is 1.04. The van der Waals surface area contributed by atoms with Crippen LogP contribution in [0.3, 0.4) is 0 Å². The molecule has 192 valence electrons. The number of esters is 1. The molecule has 1 aliphatic heterocycles. The van der Waals surface area contributed by atoms with Crippen LogP contribution < -0.4 is 24.8 Å². The van der Waals surface area contributed by atoms with Crippen molar-refractivity contribution in [3.63, 3.8) is 0 Å². The predicted octanol–water partition coefficient (Wildman–Crippen LogP) is 5.14. The Morgan fingerprint density at radius 3 is 2.09 bits per heavy atom. The number of rotatable bonds is 9. The molecule has 9 heteroatoms. The van der Waals surface area contributed by atoms with Crippen molar-refractivity contribution in [1.29, 1.82) is 0 Å². The molecule has 0 radical (unpaired) electrons. The fraction of sp³-hybridized carbons (Fsp3) is 0.538. The number of nitrogens with one attached hydrogen (secondary N) is 2. The van der Waals surface area contributed by atoms with Gasteiger partial charge in [0.2, 0.25) is 5.75 Å². The molecule has 35 heavy (non-hydrogen) atoms. The van der Waals surface area contributed by atoms with Crippen LogP contribution in [0.25, 0.3) is 0 Å². The Hall–Kier alpha value is -2.78. The molecule has 0 bridgehead atoms. The first-order valence-corrected chi connectivity index (χ1v) is 12.7. The van der Waals surface area contributed by atoms with Crippen molar-refractivity contribution in [2.75, 3.05) is 32.2 Å². The standard InChI is InChI=1S/C26H36N2O6S/c1-9-32-17-12-15(13-18(33-10-2)20(17)34-11-3)22(29)27-23-19(24(30)31-8)16-14-25(4,5)28-26(6,7)21(16)35-23/h12-13,28H,9-11,14H2,1-8H3,(H,27,29). The third kappa shape index (κ3) is 5.56. The van der Waals surface area contributed by atoms with Crippen LogP contribution in [-0.4, -0.2) is 44.3 Å². The van der Waals surface area contributed by atoms with E-state index in [9.17, 15) is 9.59 Å². The lowest BCUT2D eigenvalue weighted by molar-refractivity contribution is 0.0600. The third-order valence-electron chi connectivity index (χ3n) is 5.63. The van der Waals surface area contributed by atoms with Crippen LogP contribution in [0.2, 0.25) is 0 Å². The molecule has 2 heterocycles. The maximum absolute atomic E-state index is 13.4. The summed E-state index contributed by atoms with van der Waals surface area (Å²) in [4.78, 5) is 27.3. The number of benzene rings is 1. The molecule has 8 nitrogen and oxygen atoms in total. The van der Waals surface area contributed by atoms with Gasteiger partial charge in [-0.25, -0.2) is 4.79 Å². The normalized spacial score (nSPS) is 15.7. The molecule has 1 amide bonds. The average molecular weight is 505 g/mol. The van der Waals surface area contributed by atoms with Gasteiger partial charge < -0.3 is 29.6 Å². The number of hydrogen-bond donors (Lipinski definition) is 2. The van der Waals surface area contributed by atoms with Gasteiger partial charge in [-0.05, 0) is 72.6 Å². The van der Waals surface area contributed by atoms with Crippen LogP contribution in [0.15, 0.2) is 12.1 Å². The minimum Gasteiger partial charge on any atom is -0.490 e. The van der Waals surface area contributed by atoms with Crippen molar-refractivity contribution in [2.45, 2.75) is 66.0 Å². The highest BCUT2D eigenvalue weighted by atomic mass is 32.1. The molecule has 0 fully saturated rings. The summed E-state index contributed by atoms with van der Waals surface area (Å²) in [5.74, 6) is 0.462. The SMILES string of the molecule is CCOc1cc(C(=O)Nc2sc3c(c2C(=O)OC)CC(C)(C)NC3(C)C)cc(OCC)c1OCC. The van der Waals surface area contributed by atoms with Gasteiger partial charge in [-0.15, -0.1) is 11.3 Å². The van der Waals surface area contributed by atoms with Gasteiger partial charge in [0.25, 0.3) is 5.91 Å². The Morgan fingerprint density at radius 1 is 1.00 bits per heavy atom. The quantitative estimate of drug-likeness (QED) is 0.457. The van der Waals surface area contributed by atoms with Crippen LogP contribution in [0, 0.1) is 0 Å². The summed E-state index contributed by atoms with van der Waals surface area (Å²) in [6.45, 7) is 15.2. The van der Waals surface area contributed by atoms with E-state index in [2.05, 4.69) is 38.3 Å². The van der Waals surface area contributed by atoms with Crippen LogP contribution in [0.4, 0.5) is 5.00 Å². The van der Waals surface area contributed by atoms with Gasteiger partial charge in [0.1, 0.15) is 5.00 Å². The largest absolute Gasteiger partial charge is 0.490 e. The van der Waals surface area contributed by atoms with Gasteiger partial charge in [0.05, 0.1) is 32.5 Å². The lowest BCUT2D eigenvalue weighted by Gasteiger charge is -2.42. The first-order valence-electron chi connectivity index (χ1n) is 11.9. The fourth-order valence-corrected chi connectivity index (χ4v) is 5.89. The minimum absolute atomic E-state index is 0.227.